The topological polar surface area (TPSA) is 86.5 Å². The number of hydrogen-bond donors (Lipinski definition) is 1. The van der Waals surface area contributed by atoms with Crippen molar-refractivity contribution >= 4 is 33.3 Å². The molecule has 0 aromatic heterocycles. The summed E-state index contributed by atoms with van der Waals surface area (Å²) in [5.74, 6) is 0.0585. The molecule has 0 saturated heterocycles. The zero-order valence-electron chi connectivity index (χ0n) is 10.9. The zero-order chi connectivity index (χ0) is 14.5. The van der Waals surface area contributed by atoms with Crippen LogP contribution in [0.5, 0.6) is 0 Å². The highest BCUT2D eigenvalue weighted by molar-refractivity contribution is 8.00. The lowest BCUT2D eigenvalue weighted by molar-refractivity contribution is 0.0526. The van der Waals surface area contributed by atoms with Crippen molar-refractivity contribution in [3.05, 3.63) is 23.8 Å². The Bertz CT molecular complexity index is 555. The summed E-state index contributed by atoms with van der Waals surface area (Å²) in [5.41, 5.74) is 6.73. The van der Waals surface area contributed by atoms with Crippen molar-refractivity contribution < 1.29 is 17.9 Å². The van der Waals surface area contributed by atoms with Crippen molar-refractivity contribution in [1.29, 1.82) is 0 Å². The average Bonchev–Trinajstić information content (AvgIpc) is 2.30. The molecule has 1 aromatic rings. The van der Waals surface area contributed by atoms with Crippen molar-refractivity contribution in [2.45, 2.75) is 11.8 Å². The van der Waals surface area contributed by atoms with E-state index in [1.807, 2.05) is 0 Å². The summed E-state index contributed by atoms with van der Waals surface area (Å²) in [4.78, 5) is 12.3. The second kappa shape index (κ2) is 6.81. The number of sulfone groups is 1. The molecule has 0 spiro atoms. The van der Waals surface area contributed by atoms with Gasteiger partial charge in [0.2, 0.25) is 0 Å². The van der Waals surface area contributed by atoms with Crippen LogP contribution in [0.2, 0.25) is 0 Å². The molecule has 0 aliphatic rings. The first-order valence-corrected chi connectivity index (χ1v) is 8.75. The summed E-state index contributed by atoms with van der Waals surface area (Å²) in [6.07, 6.45) is 1.19. The standard InChI is InChI=1S/C12H17NO4S2/c1-3-17-12(14)9-4-5-10(13)11(8-9)18-6-7-19(2,15)16/h4-5,8H,3,6-7,13H2,1-2H3. The van der Waals surface area contributed by atoms with Gasteiger partial charge in [0, 0.05) is 22.6 Å². The fourth-order valence-electron chi connectivity index (χ4n) is 1.30. The number of carbonyl (C=O) groups excluding carboxylic acids is 1. The highest BCUT2D eigenvalue weighted by Gasteiger charge is 2.10. The van der Waals surface area contributed by atoms with Gasteiger partial charge in [-0.15, -0.1) is 11.8 Å². The summed E-state index contributed by atoms with van der Waals surface area (Å²) in [7, 11) is -3.00. The SMILES string of the molecule is CCOC(=O)c1ccc(N)c(SCCS(C)(=O)=O)c1. The monoisotopic (exact) mass is 303 g/mol. The van der Waals surface area contributed by atoms with Crippen molar-refractivity contribution in [2.24, 2.45) is 0 Å². The minimum absolute atomic E-state index is 0.0702. The number of hydrogen-bond acceptors (Lipinski definition) is 6. The minimum Gasteiger partial charge on any atom is -0.462 e. The molecule has 19 heavy (non-hydrogen) atoms. The molecular formula is C12H17NO4S2. The van der Waals surface area contributed by atoms with E-state index in [2.05, 4.69) is 0 Å². The predicted molar refractivity (Wildman–Crippen MR) is 77.2 cm³/mol. The zero-order valence-corrected chi connectivity index (χ0v) is 12.5. The van der Waals surface area contributed by atoms with E-state index in [0.717, 1.165) is 0 Å². The van der Waals surface area contributed by atoms with Crippen LogP contribution >= 0.6 is 11.8 Å². The van der Waals surface area contributed by atoms with E-state index in [4.69, 9.17) is 10.5 Å². The number of thioether (sulfide) groups is 1. The molecule has 7 heteroatoms. The Morgan fingerprint density at radius 2 is 2.11 bits per heavy atom. The Balaban J connectivity index is 2.77. The molecule has 5 nitrogen and oxygen atoms in total. The third-order valence-corrected chi connectivity index (χ3v) is 4.51. The van der Waals surface area contributed by atoms with Crippen LogP contribution in [-0.4, -0.2) is 38.8 Å². The molecule has 2 N–H and O–H groups in total. The van der Waals surface area contributed by atoms with Gasteiger partial charge in [0.15, 0.2) is 0 Å². The van der Waals surface area contributed by atoms with E-state index in [-0.39, 0.29) is 5.75 Å². The van der Waals surface area contributed by atoms with Crippen molar-refractivity contribution in [2.75, 3.05) is 30.1 Å². The van der Waals surface area contributed by atoms with Gasteiger partial charge in [-0.2, -0.15) is 0 Å². The van der Waals surface area contributed by atoms with Gasteiger partial charge >= 0.3 is 5.97 Å². The molecule has 0 aliphatic heterocycles. The van der Waals surface area contributed by atoms with Gasteiger partial charge in [-0.25, -0.2) is 13.2 Å². The third kappa shape index (κ3) is 5.52. The number of nitrogen functional groups attached to an aromatic ring is 1. The summed E-state index contributed by atoms with van der Waals surface area (Å²) in [6.45, 7) is 2.04. The fraction of sp³-hybridized carbons (Fsp3) is 0.417. The van der Waals surface area contributed by atoms with Crippen LogP contribution in [0.15, 0.2) is 23.1 Å². The summed E-state index contributed by atoms with van der Waals surface area (Å²) in [5, 5.41) is 0. The molecular weight excluding hydrogens is 286 g/mol. The Kier molecular flexibility index (Phi) is 5.68. The first-order chi connectivity index (χ1) is 8.83. The maximum Gasteiger partial charge on any atom is 0.338 e. The first kappa shape index (κ1) is 15.8. The summed E-state index contributed by atoms with van der Waals surface area (Å²) >= 11 is 1.31. The van der Waals surface area contributed by atoms with Gasteiger partial charge in [0.25, 0.3) is 0 Å². The van der Waals surface area contributed by atoms with E-state index in [0.29, 0.717) is 28.5 Å². The van der Waals surface area contributed by atoms with Crippen LogP contribution in [-0.2, 0) is 14.6 Å². The van der Waals surface area contributed by atoms with Crippen molar-refractivity contribution in [1.82, 2.24) is 0 Å². The van der Waals surface area contributed by atoms with Crippen molar-refractivity contribution in [3.63, 3.8) is 0 Å². The van der Waals surface area contributed by atoms with Gasteiger partial charge in [-0.1, -0.05) is 0 Å². The Morgan fingerprint density at radius 3 is 2.68 bits per heavy atom. The molecule has 0 radical (unpaired) electrons. The molecule has 1 aromatic carbocycles. The molecule has 0 fully saturated rings. The number of nitrogens with two attached hydrogens (primary N) is 1. The molecule has 0 heterocycles. The molecule has 0 unspecified atom stereocenters. The van der Waals surface area contributed by atoms with Gasteiger partial charge in [-0.05, 0) is 25.1 Å². The normalized spacial score (nSPS) is 11.3. The fourth-order valence-corrected chi connectivity index (χ4v) is 3.51. The predicted octanol–water partition coefficient (Wildman–Crippen LogP) is 1.58. The van der Waals surface area contributed by atoms with Crippen LogP contribution in [0.25, 0.3) is 0 Å². The summed E-state index contributed by atoms with van der Waals surface area (Å²) in [6, 6.07) is 4.84. The van der Waals surface area contributed by atoms with E-state index >= 15 is 0 Å². The number of benzene rings is 1. The molecule has 0 aliphatic carbocycles. The lowest BCUT2D eigenvalue weighted by Crippen LogP contribution is -2.07. The van der Waals surface area contributed by atoms with Gasteiger partial charge in [0.05, 0.1) is 17.9 Å². The van der Waals surface area contributed by atoms with Gasteiger partial charge < -0.3 is 10.5 Å². The van der Waals surface area contributed by atoms with E-state index in [1.54, 1.807) is 25.1 Å². The average molecular weight is 303 g/mol. The largest absolute Gasteiger partial charge is 0.462 e. The molecule has 0 saturated carbocycles. The number of rotatable bonds is 6. The van der Waals surface area contributed by atoms with Gasteiger partial charge in [-0.3, -0.25) is 0 Å². The molecule has 0 atom stereocenters. The van der Waals surface area contributed by atoms with Crippen molar-refractivity contribution in [3.8, 4) is 0 Å². The third-order valence-electron chi connectivity index (χ3n) is 2.24. The van der Waals surface area contributed by atoms with E-state index in [9.17, 15) is 13.2 Å². The number of anilines is 1. The van der Waals surface area contributed by atoms with Crippen LogP contribution in [0.3, 0.4) is 0 Å². The first-order valence-electron chi connectivity index (χ1n) is 5.70. The maximum atomic E-state index is 11.6. The van der Waals surface area contributed by atoms with Crippen LogP contribution in [0, 0.1) is 0 Å². The quantitative estimate of drug-likeness (QED) is 0.488. The molecule has 106 valence electrons. The lowest BCUT2D eigenvalue weighted by atomic mass is 10.2. The smallest absolute Gasteiger partial charge is 0.338 e. The number of esters is 1. The van der Waals surface area contributed by atoms with Crippen LogP contribution in [0.4, 0.5) is 5.69 Å². The lowest BCUT2D eigenvalue weighted by Gasteiger charge is -2.08. The van der Waals surface area contributed by atoms with Crippen LogP contribution < -0.4 is 5.73 Å². The maximum absolute atomic E-state index is 11.6. The molecule has 0 bridgehead atoms. The molecule has 1 rings (SSSR count). The molecule has 0 amide bonds. The number of carbonyl (C=O) groups is 1. The van der Waals surface area contributed by atoms with E-state index in [1.165, 1.54) is 18.0 Å². The second-order valence-corrected chi connectivity index (χ2v) is 7.35. The minimum atomic E-state index is -3.00. The Hall–Kier alpha value is -1.21. The summed E-state index contributed by atoms with van der Waals surface area (Å²) < 4.78 is 27.0. The Morgan fingerprint density at radius 1 is 1.42 bits per heavy atom. The van der Waals surface area contributed by atoms with Crippen LogP contribution in [0.1, 0.15) is 17.3 Å². The Labute approximate surface area is 117 Å². The second-order valence-electron chi connectivity index (χ2n) is 3.95. The van der Waals surface area contributed by atoms with E-state index < -0.39 is 15.8 Å². The highest BCUT2D eigenvalue weighted by Crippen LogP contribution is 2.26. The van der Waals surface area contributed by atoms with Gasteiger partial charge in [0.1, 0.15) is 9.84 Å². The number of ether oxygens (including phenoxy) is 1. The highest BCUT2D eigenvalue weighted by atomic mass is 32.2.